The zero-order valence-corrected chi connectivity index (χ0v) is 10.1. The molecule has 0 aliphatic carbocycles. The van der Waals surface area contributed by atoms with E-state index in [1.807, 2.05) is 6.08 Å². The van der Waals surface area contributed by atoms with Gasteiger partial charge in [-0.3, -0.25) is 0 Å². The Labute approximate surface area is 88.9 Å². The second-order valence-corrected chi connectivity index (χ2v) is 6.11. The second kappa shape index (κ2) is 6.16. The van der Waals surface area contributed by atoms with Gasteiger partial charge in [0.15, 0.2) is 0 Å². The summed E-state index contributed by atoms with van der Waals surface area (Å²) in [5.74, 6) is 0. The maximum Gasteiger partial charge on any atom is 0.00208 e. The predicted molar refractivity (Wildman–Crippen MR) is 67.2 cm³/mol. The SMILES string of the molecule is C=C/C=C(\C=C/C)P1CCN(C)CC1. The van der Waals surface area contributed by atoms with Crippen LogP contribution in [0.5, 0.6) is 0 Å². The average molecular weight is 209 g/mol. The Morgan fingerprint density at radius 2 is 2.00 bits per heavy atom. The Morgan fingerprint density at radius 3 is 2.50 bits per heavy atom. The highest BCUT2D eigenvalue weighted by atomic mass is 31.1. The van der Waals surface area contributed by atoms with E-state index < -0.39 is 0 Å². The van der Waals surface area contributed by atoms with Gasteiger partial charge >= 0.3 is 0 Å². The summed E-state index contributed by atoms with van der Waals surface area (Å²) in [6.45, 7) is 8.36. The lowest BCUT2D eigenvalue weighted by atomic mass is 10.4. The summed E-state index contributed by atoms with van der Waals surface area (Å²) in [6.07, 6.45) is 11.2. The van der Waals surface area contributed by atoms with Crippen LogP contribution in [0.2, 0.25) is 0 Å². The van der Waals surface area contributed by atoms with E-state index in [9.17, 15) is 0 Å². The molecule has 0 aromatic rings. The maximum absolute atomic E-state index is 3.78. The summed E-state index contributed by atoms with van der Waals surface area (Å²) in [5, 5.41) is 1.51. The summed E-state index contributed by atoms with van der Waals surface area (Å²) in [5.41, 5.74) is 0. The van der Waals surface area contributed by atoms with Crippen molar-refractivity contribution in [2.45, 2.75) is 6.92 Å². The van der Waals surface area contributed by atoms with E-state index in [-0.39, 0.29) is 7.92 Å². The van der Waals surface area contributed by atoms with Crippen molar-refractivity contribution in [1.82, 2.24) is 4.90 Å². The van der Waals surface area contributed by atoms with Crippen LogP contribution < -0.4 is 0 Å². The molecule has 1 fully saturated rings. The largest absolute Gasteiger partial charge is 0.306 e. The normalized spacial score (nSPS) is 21.7. The molecular weight excluding hydrogens is 189 g/mol. The summed E-state index contributed by atoms with van der Waals surface area (Å²) in [6, 6.07) is 0. The molecule has 1 nitrogen and oxygen atoms in total. The Kier molecular flexibility index (Phi) is 5.14. The van der Waals surface area contributed by atoms with E-state index in [1.165, 1.54) is 30.7 Å². The number of hydrogen-bond acceptors (Lipinski definition) is 1. The minimum atomic E-state index is 0.0878. The molecule has 78 valence electrons. The molecule has 0 aromatic heterocycles. The number of nitrogens with zero attached hydrogens (tertiary/aromatic N) is 1. The lowest BCUT2D eigenvalue weighted by Gasteiger charge is -2.30. The van der Waals surface area contributed by atoms with Gasteiger partial charge in [0.25, 0.3) is 0 Å². The first kappa shape index (κ1) is 11.7. The van der Waals surface area contributed by atoms with Gasteiger partial charge in [-0.05, 0) is 31.6 Å². The molecule has 1 saturated heterocycles. The fraction of sp³-hybridized carbons (Fsp3) is 0.500. The van der Waals surface area contributed by atoms with Crippen LogP contribution in [0.25, 0.3) is 0 Å². The molecule has 0 bridgehead atoms. The molecule has 2 heteroatoms. The topological polar surface area (TPSA) is 3.24 Å². The molecule has 0 saturated carbocycles. The molecule has 0 radical (unpaired) electrons. The minimum Gasteiger partial charge on any atom is -0.306 e. The van der Waals surface area contributed by atoms with Crippen LogP contribution in [0.15, 0.2) is 36.2 Å². The van der Waals surface area contributed by atoms with E-state index in [4.69, 9.17) is 0 Å². The van der Waals surface area contributed by atoms with Gasteiger partial charge in [0.05, 0.1) is 0 Å². The van der Waals surface area contributed by atoms with Gasteiger partial charge < -0.3 is 4.90 Å². The fourth-order valence-corrected chi connectivity index (χ4v) is 4.20. The van der Waals surface area contributed by atoms with Crippen LogP contribution in [0.3, 0.4) is 0 Å². The fourth-order valence-electron chi connectivity index (χ4n) is 1.62. The van der Waals surface area contributed by atoms with Crippen LogP contribution in [0.1, 0.15) is 6.92 Å². The first-order chi connectivity index (χ1) is 6.77. The Morgan fingerprint density at radius 1 is 1.36 bits per heavy atom. The van der Waals surface area contributed by atoms with Crippen molar-refractivity contribution in [3.05, 3.63) is 36.2 Å². The van der Waals surface area contributed by atoms with E-state index in [0.29, 0.717) is 0 Å². The second-order valence-electron chi connectivity index (χ2n) is 3.62. The lowest BCUT2D eigenvalue weighted by Crippen LogP contribution is -2.29. The monoisotopic (exact) mass is 209 g/mol. The summed E-state index contributed by atoms with van der Waals surface area (Å²) >= 11 is 0. The predicted octanol–water partition coefficient (Wildman–Crippen LogP) is 3.06. The molecular formula is C12H20NP. The van der Waals surface area contributed by atoms with E-state index in [0.717, 1.165) is 0 Å². The third-order valence-corrected chi connectivity index (χ3v) is 5.00. The smallest absolute Gasteiger partial charge is 0.00208 e. The Balaban J connectivity index is 2.61. The van der Waals surface area contributed by atoms with Crippen molar-refractivity contribution in [3.8, 4) is 0 Å². The summed E-state index contributed by atoms with van der Waals surface area (Å²) < 4.78 is 0. The zero-order valence-electron chi connectivity index (χ0n) is 9.24. The zero-order chi connectivity index (χ0) is 10.4. The van der Waals surface area contributed by atoms with Gasteiger partial charge in [0.2, 0.25) is 0 Å². The van der Waals surface area contributed by atoms with Crippen molar-refractivity contribution in [2.75, 3.05) is 32.5 Å². The first-order valence-corrected chi connectivity index (χ1v) is 6.88. The third-order valence-electron chi connectivity index (χ3n) is 2.49. The standard InChI is InChI=1S/C12H20NP/c1-4-6-12(7-5-2)14-10-8-13(3)9-11-14/h4-7H,1,8-11H2,2-3H3/b7-5-,12-6+. The third kappa shape index (κ3) is 3.40. The van der Waals surface area contributed by atoms with Crippen molar-refractivity contribution in [1.29, 1.82) is 0 Å². The van der Waals surface area contributed by atoms with Gasteiger partial charge in [-0.15, -0.1) is 0 Å². The van der Waals surface area contributed by atoms with Crippen LogP contribution >= 0.6 is 7.92 Å². The van der Waals surface area contributed by atoms with Gasteiger partial charge in [-0.1, -0.05) is 38.8 Å². The van der Waals surface area contributed by atoms with Crippen molar-refractivity contribution in [3.63, 3.8) is 0 Å². The van der Waals surface area contributed by atoms with Crippen LogP contribution in [-0.2, 0) is 0 Å². The molecule has 1 aliphatic rings. The van der Waals surface area contributed by atoms with E-state index in [2.05, 4.69) is 43.7 Å². The lowest BCUT2D eigenvalue weighted by molar-refractivity contribution is 0.368. The highest BCUT2D eigenvalue weighted by molar-refractivity contribution is 7.62. The Hall–Kier alpha value is -0.390. The van der Waals surface area contributed by atoms with Crippen molar-refractivity contribution in [2.24, 2.45) is 0 Å². The van der Waals surface area contributed by atoms with Gasteiger partial charge in [0.1, 0.15) is 0 Å². The van der Waals surface area contributed by atoms with E-state index in [1.54, 1.807) is 0 Å². The van der Waals surface area contributed by atoms with Gasteiger partial charge in [-0.25, -0.2) is 0 Å². The van der Waals surface area contributed by atoms with Crippen molar-refractivity contribution < 1.29 is 0 Å². The molecule has 14 heavy (non-hydrogen) atoms. The molecule has 0 atom stereocenters. The first-order valence-electron chi connectivity index (χ1n) is 5.17. The molecule has 1 rings (SSSR count). The molecule has 0 unspecified atom stereocenters. The van der Waals surface area contributed by atoms with Gasteiger partial charge in [0, 0.05) is 13.1 Å². The number of rotatable bonds is 3. The van der Waals surface area contributed by atoms with Crippen molar-refractivity contribution >= 4 is 7.92 Å². The highest BCUT2D eigenvalue weighted by Crippen LogP contribution is 2.46. The molecule has 1 heterocycles. The average Bonchev–Trinajstić information content (AvgIpc) is 2.19. The molecule has 0 spiro atoms. The van der Waals surface area contributed by atoms with Crippen LogP contribution in [0.4, 0.5) is 0 Å². The van der Waals surface area contributed by atoms with Crippen LogP contribution in [0, 0.1) is 0 Å². The van der Waals surface area contributed by atoms with Gasteiger partial charge in [-0.2, -0.15) is 0 Å². The minimum absolute atomic E-state index is 0.0878. The quantitative estimate of drug-likeness (QED) is 0.510. The molecule has 1 aliphatic heterocycles. The number of hydrogen-bond donors (Lipinski definition) is 0. The Bertz CT molecular complexity index is 235. The highest BCUT2D eigenvalue weighted by Gasteiger charge is 2.17. The molecule has 0 amide bonds. The number of allylic oxidation sites excluding steroid dienone is 5. The summed E-state index contributed by atoms with van der Waals surface area (Å²) in [7, 11) is 2.30. The molecule has 0 N–H and O–H groups in total. The molecule has 0 aromatic carbocycles. The summed E-state index contributed by atoms with van der Waals surface area (Å²) in [4.78, 5) is 2.42. The van der Waals surface area contributed by atoms with Crippen LogP contribution in [-0.4, -0.2) is 37.4 Å². The maximum atomic E-state index is 3.78. The van der Waals surface area contributed by atoms with E-state index >= 15 is 0 Å².